The van der Waals surface area contributed by atoms with Gasteiger partial charge in [0.25, 0.3) is 0 Å². The zero-order valence-corrected chi connectivity index (χ0v) is 80.1. The molecule has 0 radical (unpaired) electrons. The number of allylic oxidation sites excluding steroid dienone is 2. The van der Waals surface area contributed by atoms with E-state index in [9.17, 15) is 39.0 Å². The molecular formula is C87H144N40O13. The molecule has 3 aromatic heterocycles. The molecule has 6 rings (SSSR count). The van der Waals surface area contributed by atoms with Gasteiger partial charge in [-0.05, 0) is 197 Å². The van der Waals surface area contributed by atoms with E-state index < -0.39 is 167 Å². The topological polar surface area (TPSA) is 951 Å². The molecule has 0 aromatic carbocycles. The Bertz CT molecular complexity index is 5220. The third kappa shape index (κ3) is 36.6. The lowest BCUT2D eigenvalue weighted by atomic mass is 9.85. The number of carboxylic acid groups (broad SMARTS) is 1. The summed E-state index contributed by atoms with van der Waals surface area (Å²) in [6, 6.07) is -8.33. The lowest BCUT2D eigenvalue weighted by Crippen LogP contribution is -2.60. The van der Waals surface area contributed by atoms with Crippen molar-refractivity contribution in [2.45, 2.75) is 255 Å². The molecule has 1 unspecified atom stereocenters. The predicted molar refractivity (Wildman–Crippen MR) is 530 cm³/mol. The summed E-state index contributed by atoms with van der Waals surface area (Å²) >= 11 is 0. The van der Waals surface area contributed by atoms with E-state index >= 15 is 24.0 Å². The van der Waals surface area contributed by atoms with Gasteiger partial charge in [0.15, 0.2) is 59.4 Å². The maximum Gasteiger partial charge on any atom is 0.326 e. The molecule has 2 aliphatic heterocycles. The van der Waals surface area contributed by atoms with E-state index in [1.165, 1.54) is 0 Å². The van der Waals surface area contributed by atoms with Crippen molar-refractivity contribution in [3.05, 3.63) is 68.8 Å². The van der Waals surface area contributed by atoms with Gasteiger partial charge < -0.3 is 167 Å². The highest BCUT2D eigenvalue weighted by Crippen LogP contribution is 2.45. The number of Topliss-reactive ketones (excluding diaryl/α,β-unsaturated/α-hetero) is 1. The Morgan fingerprint density at radius 2 is 0.693 bits per heavy atom. The van der Waals surface area contributed by atoms with E-state index in [1.54, 1.807) is 6.92 Å². The van der Waals surface area contributed by atoms with Crippen LogP contribution >= 0.6 is 0 Å². The first-order chi connectivity index (χ1) is 66.3. The number of carbonyl (C=O) groups is 11. The van der Waals surface area contributed by atoms with E-state index in [0.717, 1.165) is 22.3 Å². The van der Waals surface area contributed by atoms with E-state index in [4.69, 9.17) is 110 Å². The molecule has 5 heterocycles. The first-order valence-corrected chi connectivity index (χ1v) is 46.6. The highest BCUT2D eigenvalue weighted by molar-refractivity contribution is 6.13. The first-order valence-electron chi connectivity index (χ1n) is 46.6. The van der Waals surface area contributed by atoms with Crippen LogP contribution in [0.4, 0.5) is 0 Å². The summed E-state index contributed by atoms with van der Waals surface area (Å²) in [5.74, 6) is -14.9. The van der Waals surface area contributed by atoms with Crippen molar-refractivity contribution in [3.63, 3.8) is 0 Å². The van der Waals surface area contributed by atoms with Crippen LogP contribution in [0.15, 0.2) is 18.2 Å². The lowest BCUT2D eigenvalue weighted by Gasteiger charge is -2.29. The lowest BCUT2D eigenvalue weighted by molar-refractivity contribution is -0.142. The van der Waals surface area contributed by atoms with Crippen LogP contribution in [0.2, 0.25) is 0 Å². The Hall–Kier alpha value is -15.4. The summed E-state index contributed by atoms with van der Waals surface area (Å²) in [6.45, 7) is 11.3. The second-order valence-electron chi connectivity index (χ2n) is 34.6. The number of aromatic nitrogens is 4. The fraction of sp³-hybridized carbons (Fsp3) is 0.563. The number of nitrogens with one attached hydrogen (secondary N) is 29. The molecule has 140 heavy (non-hydrogen) atoms. The van der Waals surface area contributed by atoms with Crippen molar-refractivity contribution in [2.24, 2.45) is 51.6 Å². The molecule has 1 aliphatic carbocycles. The van der Waals surface area contributed by atoms with E-state index in [2.05, 4.69) is 106 Å². The Kier molecular flexibility index (Phi) is 45.6. The van der Waals surface area contributed by atoms with E-state index in [-0.39, 0.29) is 217 Å². The van der Waals surface area contributed by atoms with E-state index in [1.807, 2.05) is 52.8 Å². The number of hydrogen-bond donors (Lipinski definition) is 40. The maximum absolute atomic E-state index is 15.3. The number of aryl methyl sites for hydroxylation is 2. The number of fused-ring (bicyclic) bond motifs is 8. The first kappa shape index (κ1) is 113. The molecule has 53 nitrogen and oxygen atoms in total. The van der Waals surface area contributed by atoms with Crippen LogP contribution in [0.25, 0.3) is 33.2 Å². The van der Waals surface area contributed by atoms with Gasteiger partial charge in [0.05, 0.1) is 28.7 Å². The number of H-pyrrole nitrogens is 2. The minimum absolute atomic E-state index is 0.00539. The standard InChI is InChI=1S/C87H144N40O13/c1-7-46-41(2)58-40-63-66(45(6)128)43(4)60(116-63)38-59-42(3)47(68(118-59)48-37-64(129)67-44(5)61(119-69(48)67)39-62(46)115-58)26-27-65(130)117-49(17-8-28-106-79(88)89)70(131)120-50(18-9-29-107-80(90)91)71(132)121-51(19-10-30-108-81(92)93)72(133)122-52(20-11-31-109-82(94)95)73(134)123-53(21-12-32-110-83(96)97)74(135)124-54(22-13-33-111-84(98)99)75(136)125-55(23-14-34-112-85(100)101)76(137)126-56(24-15-35-113-86(102)103)77(138)127-57(78(139)140)25-16-36-114-87(104)105/h38-40,42,45,47,49-57,116,119,128H,7-37H2,1-6H3,(H,117,130)(H,120,131)(H,121,132)(H,122,133)(H,123,134)(H,124,135)(H,125,136)(H,126,137)(H,127,138)(H,139,140)(H4,88,89,106)(H4,90,91,107)(H4,92,93,108)(H4,94,95,109)(H4,96,97,110)(H4,98,99,111)(H4,100,101,112)(H4,102,103,113)(H4,104,105,114)/t42-,45?,47-,49-,50-,51-,52-,53-,54-,55-,56-,57-/m0/s1. The molecule has 53 heteroatoms. The second kappa shape index (κ2) is 56.3. The third-order valence-electron chi connectivity index (χ3n) is 23.8. The number of nitrogens with zero attached hydrogens (tertiary/aromatic N) is 2. The fourth-order valence-corrected chi connectivity index (χ4v) is 16.6. The van der Waals surface area contributed by atoms with Crippen molar-refractivity contribution in [2.75, 3.05) is 58.9 Å². The molecule has 8 bridgehead atoms. The average molecular weight is 1960 g/mol. The smallest absolute Gasteiger partial charge is 0.326 e. The number of aliphatic hydroxyl groups is 1. The summed E-state index contributed by atoms with van der Waals surface area (Å²) in [7, 11) is 0. The van der Waals surface area contributed by atoms with Crippen molar-refractivity contribution in [1.82, 2.24) is 116 Å². The third-order valence-corrected chi connectivity index (χ3v) is 23.8. The van der Waals surface area contributed by atoms with Gasteiger partial charge in [-0.25, -0.2) is 9.78 Å². The molecular weight excluding hydrogens is 1810 g/mol. The van der Waals surface area contributed by atoms with E-state index in [0.29, 0.717) is 68.0 Å². The summed E-state index contributed by atoms with van der Waals surface area (Å²) in [4.78, 5) is 179. The number of rotatable bonds is 59. The Morgan fingerprint density at radius 3 is 0.986 bits per heavy atom. The molecule has 49 N–H and O–H groups in total. The average Bonchev–Trinajstić information content (AvgIpc) is 1.58. The fourth-order valence-electron chi connectivity index (χ4n) is 16.6. The number of aliphatic hydroxyl groups excluding tert-OH is 1. The normalized spacial score (nSPS) is 15.0. The van der Waals surface area contributed by atoms with Crippen molar-refractivity contribution in [3.8, 4) is 0 Å². The molecule has 0 saturated heterocycles. The van der Waals surface area contributed by atoms with Crippen LogP contribution in [0.5, 0.6) is 0 Å². The van der Waals surface area contributed by atoms with Gasteiger partial charge in [0.2, 0.25) is 53.2 Å². The molecule has 0 fully saturated rings. The number of aliphatic carboxylic acids is 1. The van der Waals surface area contributed by atoms with Crippen LogP contribution in [0.3, 0.4) is 0 Å². The minimum Gasteiger partial charge on any atom is -0.480 e. The number of hydrogen-bond acceptors (Lipinski definition) is 23. The Morgan fingerprint density at radius 1 is 0.407 bits per heavy atom. The van der Waals surface area contributed by atoms with Crippen LogP contribution in [-0.2, 0) is 54.4 Å². The Labute approximate surface area is 809 Å². The summed E-state index contributed by atoms with van der Waals surface area (Å²) < 4.78 is 0. The van der Waals surface area contributed by atoms with Crippen LogP contribution in [0, 0.1) is 62.5 Å². The van der Waals surface area contributed by atoms with Gasteiger partial charge in [0, 0.05) is 123 Å². The number of carbonyl (C=O) groups excluding carboxylic acids is 10. The SMILES string of the molecule is CCC1=C(C)c2cc3[nH]c(cc4nc(c5c6[nH]c(cc1n2)c(C)c6C(=O)C5)[C@@H](CCC(=O)N[C@@H](CCCNC(=N)N)C(=O)N[C@@H](CCCNC(=N)N)C(=O)N[C@@H](CCCNC(=N)N)C(=O)N[C@@H](CCCNC(=N)N)C(=O)N[C@@H](CCCNC(=N)N)C(=O)N[C@@H](CCCNC(=N)N)C(=O)N[C@@H](CCCNC(=N)N)C(=O)N[C@@H](CCCNC(=N)N)C(=O)N[C@@H](CCCNC(=N)N)C(=O)O)[C@@H]4C)c(C)c3C(C)O. The zero-order valence-electron chi connectivity index (χ0n) is 80.1. The van der Waals surface area contributed by atoms with Gasteiger partial charge in [-0.1, -0.05) is 13.8 Å². The number of carboxylic acids is 1. The van der Waals surface area contributed by atoms with Crippen molar-refractivity contribution in [1.29, 1.82) is 48.7 Å². The summed E-state index contributed by atoms with van der Waals surface area (Å²) in [5, 5.41) is 139. The zero-order chi connectivity index (χ0) is 104. The highest BCUT2D eigenvalue weighted by Gasteiger charge is 2.40. The Balaban J connectivity index is 1.34. The molecule has 3 aromatic rings. The molecule has 770 valence electrons. The van der Waals surface area contributed by atoms with Gasteiger partial charge in [-0.2, -0.15) is 0 Å². The summed E-state index contributed by atoms with van der Waals surface area (Å²) in [6.07, 6.45) is -2.02. The van der Waals surface area contributed by atoms with Gasteiger partial charge in [-0.15, -0.1) is 0 Å². The van der Waals surface area contributed by atoms with Crippen molar-refractivity contribution < 1.29 is 63.0 Å². The number of guanidine groups is 9. The van der Waals surface area contributed by atoms with Gasteiger partial charge >= 0.3 is 5.97 Å². The van der Waals surface area contributed by atoms with Crippen LogP contribution in [-0.4, -0.2) is 262 Å². The van der Waals surface area contributed by atoms with Crippen LogP contribution < -0.4 is 147 Å². The van der Waals surface area contributed by atoms with Crippen LogP contribution in [0.1, 0.15) is 236 Å². The van der Waals surface area contributed by atoms with Crippen molar-refractivity contribution >= 4 is 152 Å². The predicted octanol–water partition coefficient (Wildman–Crippen LogP) is -4.45. The highest BCUT2D eigenvalue weighted by atomic mass is 16.4. The maximum atomic E-state index is 15.3. The molecule has 9 amide bonds. The molecule has 0 spiro atoms. The number of aromatic amines is 2. The number of nitrogens with two attached hydrogens (primary N) is 9. The monoisotopic (exact) mass is 1960 g/mol. The van der Waals surface area contributed by atoms with Gasteiger partial charge in [0.1, 0.15) is 54.4 Å². The van der Waals surface area contributed by atoms with Gasteiger partial charge in [-0.3, -0.25) is 102 Å². The number of amides is 9. The molecule has 0 saturated carbocycles. The molecule has 3 aliphatic rings. The second-order valence-corrected chi connectivity index (χ2v) is 34.6. The number of ketones is 1. The largest absolute Gasteiger partial charge is 0.480 e. The summed E-state index contributed by atoms with van der Waals surface area (Å²) in [5.41, 5.74) is 60.9. The minimum atomic E-state index is -1.65. The molecule has 12 atom stereocenters. The quantitative estimate of drug-likeness (QED) is 0.0144.